The standard InChI is InChI=1S/C49H85NO8/c1-3-5-7-9-11-13-14-15-16-17-18-19-20-21-22-23-24-25-26-27-28-29-30-31-33-35-37-39-45(53)50-42(43(52)38-36-34-32-12-10-8-6-4-2)41-57-49-48(56)47(55)46(54)44(40-51)58-49/h5,7,11,13,15-16,18-19,21-22,24-25,42-44,46-49,51-52,54-56H,3-4,6,8-10,12,14,17,20,23,26-41H2,1-2H3,(H,50,53)/b7-5-,13-11-,16-15-,19-18-,22-21-,25-24-. The molecule has 1 aliphatic rings. The minimum absolute atomic E-state index is 0.146. The molecular weight excluding hydrogens is 731 g/mol. The maximum Gasteiger partial charge on any atom is 0.220 e. The van der Waals surface area contributed by atoms with E-state index < -0.39 is 49.5 Å². The molecule has 0 aliphatic carbocycles. The number of nitrogens with one attached hydrogen (secondary N) is 1. The van der Waals surface area contributed by atoms with Crippen molar-refractivity contribution in [2.45, 2.75) is 217 Å². The second kappa shape index (κ2) is 38.8. The van der Waals surface area contributed by atoms with Crippen LogP contribution >= 0.6 is 0 Å². The summed E-state index contributed by atoms with van der Waals surface area (Å²) in [4.78, 5) is 12.9. The van der Waals surface area contributed by atoms with Crippen molar-refractivity contribution in [1.82, 2.24) is 5.32 Å². The number of aliphatic hydroxyl groups excluding tert-OH is 5. The highest BCUT2D eigenvalue weighted by Crippen LogP contribution is 2.23. The zero-order chi connectivity index (χ0) is 42.3. The van der Waals surface area contributed by atoms with E-state index >= 15 is 0 Å². The molecule has 334 valence electrons. The van der Waals surface area contributed by atoms with Crippen LogP contribution in [-0.2, 0) is 14.3 Å². The van der Waals surface area contributed by atoms with Gasteiger partial charge in [-0.25, -0.2) is 0 Å². The van der Waals surface area contributed by atoms with Crippen LogP contribution in [0.4, 0.5) is 0 Å². The van der Waals surface area contributed by atoms with Crippen LogP contribution in [0.25, 0.3) is 0 Å². The van der Waals surface area contributed by atoms with Gasteiger partial charge in [0.2, 0.25) is 5.91 Å². The third-order valence-electron chi connectivity index (χ3n) is 10.6. The first-order valence-electron chi connectivity index (χ1n) is 23.1. The molecular formula is C49H85NO8. The average Bonchev–Trinajstić information content (AvgIpc) is 3.22. The highest BCUT2D eigenvalue weighted by Gasteiger charge is 2.44. The van der Waals surface area contributed by atoms with Gasteiger partial charge < -0.3 is 40.3 Å². The Morgan fingerprint density at radius 1 is 0.603 bits per heavy atom. The molecule has 0 radical (unpaired) electrons. The Morgan fingerprint density at radius 2 is 1.07 bits per heavy atom. The highest BCUT2D eigenvalue weighted by atomic mass is 16.7. The molecule has 0 aromatic rings. The summed E-state index contributed by atoms with van der Waals surface area (Å²) in [6.45, 7) is 3.66. The van der Waals surface area contributed by atoms with E-state index in [4.69, 9.17) is 9.47 Å². The molecule has 1 heterocycles. The van der Waals surface area contributed by atoms with Gasteiger partial charge in [-0.05, 0) is 64.2 Å². The van der Waals surface area contributed by atoms with Crippen molar-refractivity contribution in [2.75, 3.05) is 13.2 Å². The van der Waals surface area contributed by atoms with Gasteiger partial charge in [0, 0.05) is 6.42 Å². The predicted octanol–water partition coefficient (Wildman–Crippen LogP) is 9.78. The summed E-state index contributed by atoms with van der Waals surface area (Å²) < 4.78 is 11.2. The summed E-state index contributed by atoms with van der Waals surface area (Å²) >= 11 is 0. The van der Waals surface area contributed by atoms with Gasteiger partial charge in [0.05, 0.1) is 25.4 Å². The number of ether oxygens (including phenoxy) is 2. The van der Waals surface area contributed by atoms with Gasteiger partial charge in [0.1, 0.15) is 24.4 Å². The SMILES string of the molecule is CC/C=C\C/C=C\C/C=C\C/C=C\C/C=C\C/C=C\CCCCCCCCCCC(=O)NC(COC1OC(CO)C(O)C(O)C1O)C(O)CCCCCCCCCC. The molecule has 9 heteroatoms. The lowest BCUT2D eigenvalue weighted by Gasteiger charge is -2.40. The summed E-state index contributed by atoms with van der Waals surface area (Å²) in [7, 11) is 0. The highest BCUT2D eigenvalue weighted by molar-refractivity contribution is 5.76. The van der Waals surface area contributed by atoms with Crippen molar-refractivity contribution in [1.29, 1.82) is 0 Å². The Kier molecular flexibility index (Phi) is 35.9. The number of rotatable bonds is 37. The van der Waals surface area contributed by atoms with Crippen LogP contribution in [0.1, 0.15) is 174 Å². The van der Waals surface area contributed by atoms with Crippen molar-refractivity contribution < 1.29 is 39.8 Å². The Morgan fingerprint density at radius 3 is 1.59 bits per heavy atom. The average molecular weight is 816 g/mol. The fourth-order valence-electron chi connectivity index (χ4n) is 6.87. The van der Waals surface area contributed by atoms with E-state index in [0.29, 0.717) is 12.8 Å². The Labute approximate surface area is 353 Å². The first kappa shape index (κ1) is 53.6. The van der Waals surface area contributed by atoms with Crippen molar-refractivity contribution in [3.8, 4) is 0 Å². The van der Waals surface area contributed by atoms with E-state index in [9.17, 15) is 30.3 Å². The zero-order valence-electron chi connectivity index (χ0n) is 36.5. The molecule has 1 fully saturated rings. The fourth-order valence-corrected chi connectivity index (χ4v) is 6.87. The second-order valence-electron chi connectivity index (χ2n) is 15.8. The molecule has 6 N–H and O–H groups in total. The number of aliphatic hydroxyl groups is 5. The first-order valence-corrected chi connectivity index (χ1v) is 23.1. The summed E-state index contributed by atoms with van der Waals surface area (Å²) in [6, 6.07) is -0.725. The fraction of sp³-hybridized carbons (Fsp3) is 0.735. The monoisotopic (exact) mass is 816 g/mol. The van der Waals surface area contributed by atoms with Gasteiger partial charge in [-0.3, -0.25) is 4.79 Å². The number of carbonyl (C=O) groups excluding carboxylic acids is 1. The van der Waals surface area contributed by atoms with Gasteiger partial charge >= 0.3 is 0 Å². The van der Waals surface area contributed by atoms with Gasteiger partial charge in [0.15, 0.2) is 6.29 Å². The number of carbonyl (C=O) groups is 1. The molecule has 1 rings (SSSR count). The lowest BCUT2D eigenvalue weighted by atomic mass is 9.99. The topological polar surface area (TPSA) is 149 Å². The summed E-state index contributed by atoms with van der Waals surface area (Å²) in [6.07, 6.45) is 45.0. The van der Waals surface area contributed by atoms with Crippen molar-refractivity contribution in [2.24, 2.45) is 0 Å². The maximum atomic E-state index is 12.9. The summed E-state index contributed by atoms with van der Waals surface area (Å²) in [5, 5.41) is 54.1. The van der Waals surface area contributed by atoms with Gasteiger partial charge in [-0.2, -0.15) is 0 Å². The maximum absolute atomic E-state index is 12.9. The number of amides is 1. The second-order valence-corrected chi connectivity index (χ2v) is 15.8. The summed E-state index contributed by atoms with van der Waals surface area (Å²) in [5.74, 6) is -0.160. The molecule has 0 spiro atoms. The lowest BCUT2D eigenvalue weighted by Crippen LogP contribution is -2.60. The van der Waals surface area contributed by atoms with Crippen LogP contribution in [0.3, 0.4) is 0 Å². The van der Waals surface area contributed by atoms with Gasteiger partial charge in [0.25, 0.3) is 0 Å². The van der Waals surface area contributed by atoms with Crippen LogP contribution in [0.15, 0.2) is 72.9 Å². The third-order valence-corrected chi connectivity index (χ3v) is 10.6. The smallest absolute Gasteiger partial charge is 0.220 e. The van der Waals surface area contributed by atoms with E-state index in [2.05, 4.69) is 92.1 Å². The van der Waals surface area contributed by atoms with Crippen molar-refractivity contribution in [3.05, 3.63) is 72.9 Å². The van der Waals surface area contributed by atoms with Crippen LogP contribution < -0.4 is 5.32 Å². The molecule has 7 unspecified atom stereocenters. The summed E-state index contributed by atoms with van der Waals surface area (Å²) in [5.41, 5.74) is 0. The van der Waals surface area contributed by atoms with E-state index in [0.717, 1.165) is 89.9 Å². The normalized spacial score (nSPS) is 21.5. The van der Waals surface area contributed by atoms with Gasteiger partial charge in [-0.15, -0.1) is 0 Å². The van der Waals surface area contributed by atoms with E-state index in [1.54, 1.807) is 0 Å². The van der Waals surface area contributed by atoms with Crippen LogP contribution in [0.2, 0.25) is 0 Å². The number of hydrogen-bond acceptors (Lipinski definition) is 8. The minimum atomic E-state index is -1.56. The number of hydrogen-bond donors (Lipinski definition) is 6. The molecule has 0 aromatic heterocycles. The first-order chi connectivity index (χ1) is 28.3. The molecule has 7 atom stereocenters. The van der Waals surface area contributed by atoms with E-state index in [1.165, 1.54) is 57.8 Å². The zero-order valence-corrected chi connectivity index (χ0v) is 36.5. The molecule has 1 amide bonds. The molecule has 58 heavy (non-hydrogen) atoms. The molecule has 1 saturated heterocycles. The lowest BCUT2D eigenvalue weighted by molar-refractivity contribution is -0.302. The number of unbranched alkanes of at least 4 members (excludes halogenated alkanes) is 15. The van der Waals surface area contributed by atoms with Crippen LogP contribution in [0, 0.1) is 0 Å². The minimum Gasteiger partial charge on any atom is -0.394 e. The Bertz CT molecular complexity index is 1130. The van der Waals surface area contributed by atoms with Crippen molar-refractivity contribution in [3.63, 3.8) is 0 Å². The molecule has 0 bridgehead atoms. The van der Waals surface area contributed by atoms with Gasteiger partial charge in [-0.1, -0.05) is 177 Å². The van der Waals surface area contributed by atoms with Crippen molar-refractivity contribution >= 4 is 5.91 Å². The Hall–Kier alpha value is -2.37. The molecule has 1 aliphatic heterocycles. The van der Waals surface area contributed by atoms with E-state index in [1.807, 2.05) is 0 Å². The van der Waals surface area contributed by atoms with E-state index in [-0.39, 0.29) is 12.5 Å². The molecule has 0 saturated carbocycles. The number of allylic oxidation sites excluding steroid dienone is 12. The third kappa shape index (κ3) is 29.0. The largest absolute Gasteiger partial charge is 0.394 e. The molecule has 9 nitrogen and oxygen atoms in total. The van der Waals surface area contributed by atoms with Crippen LogP contribution in [-0.4, -0.2) is 87.5 Å². The predicted molar refractivity (Wildman–Crippen MR) is 239 cm³/mol. The van der Waals surface area contributed by atoms with Crippen LogP contribution in [0.5, 0.6) is 0 Å². The quantitative estimate of drug-likeness (QED) is 0.0268. The Balaban J connectivity index is 2.22. The molecule has 0 aromatic carbocycles.